The molecule has 1 N–H and O–H groups in total. The van der Waals surface area contributed by atoms with Crippen LogP contribution in [0.2, 0.25) is 0 Å². The lowest BCUT2D eigenvalue weighted by Gasteiger charge is -2.18. The Bertz CT molecular complexity index is 800. The maximum atomic E-state index is 12.5. The molecule has 0 spiro atoms. The van der Waals surface area contributed by atoms with E-state index in [1.807, 2.05) is 0 Å². The number of nitrogens with zero attached hydrogens (tertiary/aromatic N) is 3. The highest BCUT2D eigenvalue weighted by atomic mass is 16.6. The lowest BCUT2D eigenvalue weighted by atomic mass is 10.1. The molecular formula is C30H53N3O7. The Morgan fingerprint density at radius 3 is 1.93 bits per heavy atom. The van der Waals surface area contributed by atoms with Gasteiger partial charge in [-0.05, 0) is 12.8 Å². The second kappa shape index (κ2) is 24.3. The second-order valence-electron chi connectivity index (χ2n) is 10.4. The Morgan fingerprint density at radius 2 is 1.32 bits per heavy atom. The van der Waals surface area contributed by atoms with Gasteiger partial charge in [0.1, 0.15) is 13.2 Å². The molecule has 1 aromatic heterocycles. The first-order valence-corrected chi connectivity index (χ1v) is 15.5. The monoisotopic (exact) mass is 567 g/mol. The molecule has 0 aliphatic heterocycles. The number of aliphatic hydroxyl groups is 1. The maximum absolute atomic E-state index is 12.5. The summed E-state index contributed by atoms with van der Waals surface area (Å²) >= 11 is 0. The van der Waals surface area contributed by atoms with Gasteiger partial charge in [0.05, 0.1) is 25.3 Å². The van der Waals surface area contributed by atoms with Crippen LogP contribution in [0.25, 0.3) is 0 Å². The fourth-order valence-corrected chi connectivity index (χ4v) is 4.29. The molecule has 230 valence electrons. The molecule has 0 saturated carbocycles. The third-order valence-corrected chi connectivity index (χ3v) is 6.61. The van der Waals surface area contributed by atoms with Gasteiger partial charge in [0.2, 0.25) is 0 Å². The van der Waals surface area contributed by atoms with E-state index in [1.165, 1.54) is 56.0 Å². The second-order valence-corrected chi connectivity index (χ2v) is 10.4. The molecule has 1 atom stereocenters. The van der Waals surface area contributed by atoms with Gasteiger partial charge in [-0.1, -0.05) is 96.1 Å². The number of ether oxygens (including phenoxy) is 3. The van der Waals surface area contributed by atoms with Gasteiger partial charge in [-0.15, -0.1) is 5.10 Å². The number of carbonyl (C=O) groups is 3. The summed E-state index contributed by atoms with van der Waals surface area (Å²) in [7, 11) is 0. The van der Waals surface area contributed by atoms with Crippen molar-refractivity contribution in [2.45, 2.75) is 142 Å². The SMILES string of the molecule is CCCCCCCCCC(=O)OCC(Cn1cc(CCC(=O)OCCO)nn1)OC(=O)CCCCCCCCC. The third-order valence-electron chi connectivity index (χ3n) is 6.61. The molecule has 0 aliphatic rings. The van der Waals surface area contributed by atoms with Crippen molar-refractivity contribution in [1.29, 1.82) is 0 Å². The topological polar surface area (TPSA) is 130 Å². The van der Waals surface area contributed by atoms with Crippen LogP contribution < -0.4 is 0 Å². The summed E-state index contributed by atoms with van der Waals surface area (Å²) < 4.78 is 17.5. The molecule has 1 unspecified atom stereocenters. The van der Waals surface area contributed by atoms with E-state index in [4.69, 9.17) is 19.3 Å². The van der Waals surface area contributed by atoms with Crippen LogP contribution in [0.4, 0.5) is 0 Å². The van der Waals surface area contributed by atoms with Gasteiger partial charge in [-0.25, -0.2) is 4.68 Å². The zero-order valence-corrected chi connectivity index (χ0v) is 24.9. The molecule has 0 aromatic carbocycles. The largest absolute Gasteiger partial charge is 0.463 e. The van der Waals surface area contributed by atoms with Crippen LogP contribution in [0.3, 0.4) is 0 Å². The zero-order valence-electron chi connectivity index (χ0n) is 24.9. The Kier molecular flexibility index (Phi) is 21.6. The predicted molar refractivity (Wildman–Crippen MR) is 152 cm³/mol. The van der Waals surface area contributed by atoms with Gasteiger partial charge in [-0.2, -0.15) is 0 Å². The summed E-state index contributed by atoms with van der Waals surface area (Å²) in [5.41, 5.74) is 0.588. The highest BCUT2D eigenvalue weighted by Gasteiger charge is 2.19. The zero-order chi connectivity index (χ0) is 29.3. The molecule has 0 saturated heterocycles. The van der Waals surface area contributed by atoms with E-state index in [0.29, 0.717) is 25.0 Å². The minimum atomic E-state index is -0.681. The lowest BCUT2D eigenvalue weighted by Crippen LogP contribution is -2.30. The number of hydrogen-bond acceptors (Lipinski definition) is 9. The summed E-state index contributed by atoms with van der Waals surface area (Å²) in [4.78, 5) is 36.5. The summed E-state index contributed by atoms with van der Waals surface area (Å²) in [5.74, 6) is -1.02. The molecule has 0 fully saturated rings. The Morgan fingerprint density at radius 1 is 0.775 bits per heavy atom. The molecule has 10 nitrogen and oxygen atoms in total. The van der Waals surface area contributed by atoms with E-state index in [2.05, 4.69) is 24.2 Å². The van der Waals surface area contributed by atoms with Crippen LogP contribution >= 0.6 is 0 Å². The van der Waals surface area contributed by atoms with Gasteiger partial charge in [0.25, 0.3) is 0 Å². The van der Waals surface area contributed by atoms with E-state index in [1.54, 1.807) is 6.20 Å². The number of hydrogen-bond donors (Lipinski definition) is 1. The lowest BCUT2D eigenvalue weighted by molar-refractivity contribution is -0.160. The molecule has 40 heavy (non-hydrogen) atoms. The fourth-order valence-electron chi connectivity index (χ4n) is 4.29. The van der Waals surface area contributed by atoms with Crippen molar-refractivity contribution in [3.8, 4) is 0 Å². The average Bonchev–Trinajstić information content (AvgIpc) is 3.39. The van der Waals surface area contributed by atoms with E-state index in [-0.39, 0.29) is 44.7 Å². The third kappa shape index (κ3) is 19.6. The number of aryl methyl sites for hydroxylation is 1. The maximum Gasteiger partial charge on any atom is 0.306 e. The van der Waals surface area contributed by atoms with E-state index >= 15 is 0 Å². The highest BCUT2D eigenvalue weighted by Crippen LogP contribution is 2.12. The minimum absolute atomic E-state index is 0.0326. The number of aliphatic hydroxyl groups excluding tert-OH is 1. The first kappa shape index (κ1) is 35.5. The molecule has 0 amide bonds. The van der Waals surface area contributed by atoms with Crippen LogP contribution in [0.5, 0.6) is 0 Å². The van der Waals surface area contributed by atoms with Crippen LogP contribution in [0.1, 0.15) is 129 Å². The molecule has 0 radical (unpaired) electrons. The first-order chi connectivity index (χ1) is 19.5. The summed E-state index contributed by atoms with van der Waals surface area (Å²) in [5, 5.41) is 16.9. The normalized spacial score (nSPS) is 11.8. The predicted octanol–water partition coefficient (Wildman–Crippen LogP) is 5.48. The standard InChI is InChI=1S/C30H53N3O7/c1-3-5-7-9-11-13-15-17-28(35)39-25-27(40-30(37)18-16-14-12-10-8-6-4-2)24-33-23-26(31-32-33)19-20-29(36)38-22-21-34/h23,27,34H,3-22,24-25H2,1-2H3. The van der Waals surface area contributed by atoms with Crippen molar-refractivity contribution in [2.24, 2.45) is 0 Å². The summed E-state index contributed by atoms with van der Waals surface area (Å²) in [6, 6.07) is 0. The Labute approximate surface area is 240 Å². The van der Waals surface area contributed by atoms with Crippen molar-refractivity contribution in [3.05, 3.63) is 11.9 Å². The van der Waals surface area contributed by atoms with Gasteiger partial charge in [0, 0.05) is 25.5 Å². The molecule has 0 aliphatic carbocycles. The van der Waals surface area contributed by atoms with E-state index in [9.17, 15) is 14.4 Å². The number of rotatable bonds is 26. The van der Waals surface area contributed by atoms with Gasteiger partial charge in [-0.3, -0.25) is 14.4 Å². The Balaban J connectivity index is 2.52. The number of carbonyl (C=O) groups excluding carboxylic acids is 3. The number of esters is 3. The van der Waals surface area contributed by atoms with Crippen LogP contribution in [-0.2, 0) is 41.6 Å². The molecule has 1 aromatic rings. The van der Waals surface area contributed by atoms with Gasteiger partial charge >= 0.3 is 17.9 Å². The van der Waals surface area contributed by atoms with Crippen LogP contribution in [0.15, 0.2) is 6.20 Å². The average molecular weight is 568 g/mol. The first-order valence-electron chi connectivity index (χ1n) is 15.5. The molecule has 0 bridgehead atoms. The van der Waals surface area contributed by atoms with Gasteiger partial charge < -0.3 is 19.3 Å². The molecule has 1 rings (SSSR count). The molecular weight excluding hydrogens is 514 g/mol. The Hall–Kier alpha value is -2.49. The smallest absolute Gasteiger partial charge is 0.306 e. The number of unbranched alkanes of at least 4 members (excludes halogenated alkanes) is 12. The van der Waals surface area contributed by atoms with Crippen molar-refractivity contribution in [3.63, 3.8) is 0 Å². The van der Waals surface area contributed by atoms with Crippen molar-refractivity contribution < 1.29 is 33.7 Å². The number of aromatic nitrogens is 3. The van der Waals surface area contributed by atoms with Crippen LogP contribution in [-0.4, -0.2) is 63.9 Å². The van der Waals surface area contributed by atoms with Gasteiger partial charge in [0.15, 0.2) is 6.10 Å². The van der Waals surface area contributed by atoms with Crippen LogP contribution in [0, 0.1) is 0 Å². The van der Waals surface area contributed by atoms with Crippen molar-refractivity contribution >= 4 is 17.9 Å². The highest BCUT2D eigenvalue weighted by molar-refractivity contribution is 5.70. The van der Waals surface area contributed by atoms with E-state index < -0.39 is 12.1 Å². The van der Waals surface area contributed by atoms with Crippen molar-refractivity contribution in [2.75, 3.05) is 19.8 Å². The summed E-state index contributed by atoms with van der Waals surface area (Å²) in [6.45, 7) is 4.28. The minimum Gasteiger partial charge on any atom is -0.463 e. The quantitative estimate of drug-likeness (QED) is 0.0878. The van der Waals surface area contributed by atoms with Crippen molar-refractivity contribution in [1.82, 2.24) is 15.0 Å². The molecule has 10 heteroatoms. The van der Waals surface area contributed by atoms with E-state index in [0.717, 1.165) is 38.5 Å². The molecule has 1 heterocycles. The summed E-state index contributed by atoms with van der Waals surface area (Å²) in [6.07, 6.45) is 17.7. The fraction of sp³-hybridized carbons (Fsp3) is 0.833.